The first-order chi connectivity index (χ1) is 21.3. The van der Waals surface area contributed by atoms with Crippen LogP contribution in [0.2, 0.25) is 0 Å². The van der Waals surface area contributed by atoms with Gasteiger partial charge in [0, 0.05) is 5.39 Å². The normalized spacial score (nSPS) is 23.7. The molecule has 5 rings (SSSR count). The molecule has 2 aromatic carbocycles. The maximum Gasteiger partial charge on any atom is 0.459 e. The summed E-state index contributed by atoms with van der Waals surface area (Å²) in [5.74, 6) is -4.15. The highest BCUT2D eigenvalue weighted by Gasteiger charge is 2.58. The summed E-state index contributed by atoms with van der Waals surface area (Å²) in [6, 6.07) is 10.7. The zero-order valence-electron chi connectivity index (χ0n) is 24.8. The van der Waals surface area contributed by atoms with Crippen LogP contribution in [0.5, 0.6) is 11.6 Å². The van der Waals surface area contributed by atoms with E-state index in [1.54, 1.807) is 57.2 Å². The lowest BCUT2D eigenvalue weighted by atomic mass is 10.1. The van der Waals surface area contributed by atoms with Gasteiger partial charge in [-0.2, -0.15) is 15.1 Å². The van der Waals surface area contributed by atoms with Gasteiger partial charge in [-0.05, 0) is 39.1 Å². The van der Waals surface area contributed by atoms with Crippen LogP contribution in [0.3, 0.4) is 0 Å². The first-order valence-electron chi connectivity index (χ1n) is 14.1. The summed E-state index contributed by atoms with van der Waals surface area (Å²) < 4.78 is 74.0. The Bertz CT molecular complexity index is 1740. The van der Waals surface area contributed by atoms with Crippen LogP contribution in [0.15, 0.2) is 48.8 Å². The summed E-state index contributed by atoms with van der Waals surface area (Å²) >= 11 is 0. The van der Waals surface area contributed by atoms with Crippen molar-refractivity contribution in [3.63, 3.8) is 0 Å². The molecule has 0 amide bonds. The number of benzene rings is 2. The molecule has 0 spiro atoms. The number of anilines is 1. The zero-order valence-corrected chi connectivity index (χ0v) is 25.7. The lowest BCUT2D eigenvalue weighted by molar-refractivity contribution is -0.202. The molecule has 0 saturated carbocycles. The highest BCUT2D eigenvalue weighted by atomic mass is 31.2. The number of rotatable bonds is 12. The maximum absolute atomic E-state index is 16.2. The molecule has 1 aliphatic rings. The minimum Gasteiger partial charge on any atom is -0.476 e. The molecule has 4 N–H and O–H groups in total. The van der Waals surface area contributed by atoms with Crippen LogP contribution in [0, 0.1) is 0 Å². The first-order valence-corrected chi connectivity index (χ1v) is 15.6. The number of hydrogen-bond acceptors (Lipinski definition) is 12. The summed E-state index contributed by atoms with van der Waals surface area (Å²) in [5.41, 5.74) is 5.83. The Labute approximate surface area is 256 Å². The van der Waals surface area contributed by atoms with Crippen molar-refractivity contribution in [3.8, 4) is 11.6 Å². The van der Waals surface area contributed by atoms with Crippen LogP contribution in [0.25, 0.3) is 21.9 Å². The molecule has 242 valence electrons. The van der Waals surface area contributed by atoms with Crippen molar-refractivity contribution in [1.29, 1.82) is 0 Å². The number of nitrogens with two attached hydrogens (primary N) is 1. The fraction of sp³-hybridized carbons (Fsp3) is 0.429. The van der Waals surface area contributed by atoms with E-state index >= 15 is 8.78 Å². The maximum atomic E-state index is 16.2. The molecule has 2 aromatic heterocycles. The van der Waals surface area contributed by atoms with E-state index in [2.05, 4.69) is 20.0 Å². The van der Waals surface area contributed by atoms with Gasteiger partial charge >= 0.3 is 13.7 Å². The average Bonchev–Trinajstić information content (AvgIpc) is 3.50. The average molecular weight is 651 g/mol. The number of hydrogen-bond donors (Lipinski definition) is 3. The molecule has 0 radical (unpaired) electrons. The molecule has 1 aliphatic heterocycles. The van der Waals surface area contributed by atoms with Crippen LogP contribution in [0.1, 0.15) is 33.9 Å². The van der Waals surface area contributed by atoms with Crippen LogP contribution >= 0.6 is 7.75 Å². The Kier molecular flexibility index (Phi) is 9.23. The van der Waals surface area contributed by atoms with E-state index in [0.717, 1.165) is 16.3 Å². The fourth-order valence-electron chi connectivity index (χ4n) is 4.68. The van der Waals surface area contributed by atoms with Crippen LogP contribution < -0.4 is 20.1 Å². The van der Waals surface area contributed by atoms with Crippen molar-refractivity contribution in [3.05, 3.63) is 48.8 Å². The highest BCUT2D eigenvalue weighted by Crippen LogP contribution is 2.50. The fourth-order valence-corrected chi connectivity index (χ4v) is 6.20. The second kappa shape index (κ2) is 12.8. The molecule has 2 unspecified atom stereocenters. The van der Waals surface area contributed by atoms with Gasteiger partial charge in [-0.1, -0.05) is 36.4 Å². The van der Waals surface area contributed by atoms with E-state index in [9.17, 15) is 14.5 Å². The molecule has 14 nitrogen and oxygen atoms in total. The molecule has 17 heteroatoms. The van der Waals surface area contributed by atoms with Gasteiger partial charge in [0.1, 0.15) is 18.4 Å². The molecule has 0 bridgehead atoms. The number of imidazole rings is 1. The van der Waals surface area contributed by atoms with Gasteiger partial charge in [0.2, 0.25) is 11.8 Å². The number of carbonyl (C=O) groups is 1. The SMILES string of the molecule is CCOc1nc(N)nc2c1ncn2[C@@H]1O[C@](F)(COP(=O)(NC(C)C(=O)OC(C)C)Oc2cccc3ccccc23)[C@@H](O)[C@H]1F. The van der Waals surface area contributed by atoms with Crippen molar-refractivity contribution >= 4 is 41.6 Å². The highest BCUT2D eigenvalue weighted by molar-refractivity contribution is 7.52. The standard InChI is InChI=1S/C28H33F2N6O8P/c1-5-40-24-21-23(33-27(31)34-24)36(14-32-21)25-20(29)22(37)28(30,43-25)13-41-45(39,35-16(4)26(38)42-15(2)3)44-19-12-8-10-17-9-6-7-11-18(17)19/h6-12,14-16,20,22,25,37H,5,13H2,1-4H3,(H,35,39)(H2,31,33,34)/t16?,20-,22+,25-,28-,45?/m1/s1. The van der Waals surface area contributed by atoms with Crippen LogP contribution in [-0.2, 0) is 23.4 Å². The molecular weight excluding hydrogens is 617 g/mol. The molecule has 1 fully saturated rings. The Morgan fingerprint density at radius 3 is 2.69 bits per heavy atom. The number of aliphatic hydroxyl groups is 1. The van der Waals surface area contributed by atoms with E-state index in [-0.39, 0.29) is 35.3 Å². The van der Waals surface area contributed by atoms with E-state index in [4.69, 9.17) is 29.0 Å². The van der Waals surface area contributed by atoms with Gasteiger partial charge in [0.15, 0.2) is 29.7 Å². The number of aromatic nitrogens is 4. The van der Waals surface area contributed by atoms with Gasteiger partial charge in [-0.15, -0.1) is 0 Å². The Balaban J connectivity index is 1.42. The third-order valence-electron chi connectivity index (χ3n) is 6.75. The number of nitrogens with one attached hydrogen (secondary N) is 1. The topological polar surface area (TPSA) is 182 Å². The van der Waals surface area contributed by atoms with Gasteiger partial charge in [0.05, 0.1) is 19.0 Å². The predicted octanol–water partition coefficient (Wildman–Crippen LogP) is 3.99. The molecule has 1 saturated heterocycles. The van der Waals surface area contributed by atoms with Crippen LogP contribution in [0.4, 0.5) is 14.7 Å². The van der Waals surface area contributed by atoms with Crippen molar-refractivity contribution in [1.82, 2.24) is 24.6 Å². The first kappa shape index (κ1) is 32.4. The van der Waals surface area contributed by atoms with E-state index in [1.165, 1.54) is 13.0 Å². The lowest BCUT2D eigenvalue weighted by Gasteiger charge is -2.28. The van der Waals surface area contributed by atoms with E-state index in [1.807, 2.05) is 0 Å². The summed E-state index contributed by atoms with van der Waals surface area (Å²) in [5, 5.41) is 14.4. The summed E-state index contributed by atoms with van der Waals surface area (Å²) in [6.45, 7) is 5.25. The smallest absolute Gasteiger partial charge is 0.459 e. The lowest BCUT2D eigenvalue weighted by Crippen LogP contribution is -2.43. The molecule has 45 heavy (non-hydrogen) atoms. The van der Waals surface area contributed by atoms with Gasteiger partial charge in [-0.25, -0.2) is 18.3 Å². The monoisotopic (exact) mass is 650 g/mol. The quantitative estimate of drug-likeness (QED) is 0.148. The second-order valence-electron chi connectivity index (χ2n) is 10.5. The number of fused-ring (bicyclic) bond motifs is 2. The third kappa shape index (κ3) is 6.70. The van der Waals surface area contributed by atoms with Gasteiger partial charge in [0.25, 0.3) is 5.85 Å². The number of alkyl halides is 2. The van der Waals surface area contributed by atoms with Crippen molar-refractivity contribution < 1.29 is 46.5 Å². The van der Waals surface area contributed by atoms with E-state index in [0.29, 0.717) is 5.39 Å². The Hall–Kier alpha value is -3.95. The molecule has 4 aromatic rings. The zero-order chi connectivity index (χ0) is 32.5. The minimum absolute atomic E-state index is 0.0188. The number of nitrogens with zero attached hydrogens (tertiary/aromatic N) is 4. The number of halogens is 2. The number of aliphatic hydroxyl groups excluding tert-OH is 1. The molecule has 3 heterocycles. The van der Waals surface area contributed by atoms with Crippen molar-refractivity contribution in [2.75, 3.05) is 18.9 Å². The second-order valence-corrected chi connectivity index (χ2v) is 12.2. The number of ether oxygens (including phenoxy) is 3. The molecular formula is C28H33F2N6O8P. The third-order valence-corrected chi connectivity index (χ3v) is 8.36. The Morgan fingerprint density at radius 2 is 1.96 bits per heavy atom. The molecule has 0 aliphatic carbocycles. The summed E-state index contributed by atoms with van der Waals surface area (Å²) in [6.07, 6.45) is -5.96. The summed E-state index contributed by atoms with van der Waals surface area (Å²) in [7, 11) is -4.66. The summed E-state index contributed by atoms with van der Waals surface area (Å²) in [4.78, 5) is 24.7. The van der Waals surface area contributed by atoms with Crippen LogP contribution in [-0.4, -0.2) is 74.1 Å². The largest absolute Gasteiger partial charge is 0.476 e. The van der Waals surface area contributed by atoms with Crippen molar-refractivity contribution in [2.45, 2.75) is 64.2 Å². The minimum atomic E-state index is -4.66. The van der Waals surface area contributed by atoms with Gasteiger partial charge in [-0.3, -0.25) is 13.9 Å². The Morgan fingerprint density at radius 1 is 1.22 bits per heavy atom. The van der Waals surface area contributed by atoms with Gasteiger partial charge < -0.3 is 29.6 Å². The molecule has 6 atom stereocenters. The van der Waals surface area contributed by atoms with E-state index < -0.39 is 56.8 Å². The number of carbonyl (C=O) groups excluding carboxylic acids is 1. The van der Waals surface area contributed by atoms with Crippen molar-refractivity contribution in [2.24, 2.45) is 0 Å². The number of nitrogen functional groups attached to an aromatic ring is 1. The predicted molar refractivity (Wildman–Crippen MR) is 158 cm³/mol. The number of esters is 1.